The van der Waals surface area contributed by atoms with Gasteiger partial charge in [0.15, 0.2) is 0 Å². The average Bonchev–Trinajstić information content (AvgIpc) is 2.44. The van der Waals surface area contributed by atoms with Crippen LogP contribution in [0, 0.1) is 5.92 Å². The van der Waals surface area contributed by atoms with Crippen molar-refractivity contribution >= 4 is 5.91 Å². The normalized spacial score (nSPS) is 13.8. The quantitative estimate of drug-likeness (QED) is 0.774. The minimum Gasteiger partial charge on any atom is -0.493 e. The summed E-state index contributed by atoms with van der Waals surface area (Å²) in [4.78, 5) is 12.0. The molecule has 1 amide bonds. The van der Waals surface area contributed by atoms with E-state index in [1.165, 1.54) is 0 Å². The highest BCUT2D eigenvalue weighted by molar-refractivity contribution is 5.81. The lowest BCUT2D eigenvalue weighted by atomic mass is 9.96. The fourth-order valence-corrected chi connectivity index (χ4v) is 2.15. The molecule has 0 aliphatic rings. The number of benzene rings is 1. The molecule has 0 aliphatic heterocycles. The van der Waals surface area contributed by atoms with Gasteiger partial charge in [-0.25, -0.2) is 0 Å². The Morgan fingerprint density at radius 1 is 1.29 bits per heavy atom. The fraction of sp³-hybridized carbons (Fsp3) is 0.588. The number of hydrogen-bond donors (Lipinski definition) is 2. The Balaban J connectivity index is 2.99. The van der Waals surface area contributed by atoms with Gasteiger partial charge in [0.05, 0.1) is 18.7 Å². The van der Waals surface area contributed by atoms with E-state index in [-0.39, 0.29) is 11.9 Å². The maximum Gasteiger partial charge on any atom is 0.237 e. The summed E-state index contributed by atoms with van der Waals surface area (Å²) < 4.78 is 5.81. The second kappa shape index (κ2) is 8.67. The molecular weight excluding hydrogens is 264 g/mol. The third kappa shape index (κ3) is 5.76. The molecule has 0 heterocycles. The molecule has 3 N–H and O–H groups in total. The van der Waals surface area contributed by atoms with Gasteiger partial charge in [0, 0.05) is 5.56 Å². The van der Waals surface area contributed by atoms with Crippen LogP contribution in [0.2, 0.25) is 0 Å². The third-order valence-corrected chi connectivity index (χ3v) is 3.19. The summed E-state index contributed by atoms with van der Waals surface area (Å²) in [5, 5.41) is 3.04. The summed E-state index contributed by atoms with van der Waals surface area (Å²) in [7, 11) is 0. The summed E-state index contributed by atoms with van der Waals surface area (Å²) in [5.41, 5.74) is 6.69. The minimum atomic E-state index is -0.511. The zero-order valence-corrected chi connectivity index (χ0v) is 13.6. The Labute approximate surface area is 128 Å². The molecule has 118 valence electrons. The van der Waals surface area contributed by atoms with Crippen LogP contribution in [0.25, 0.3) is 0 Å². The number of hydrogen-bond acceptors (Lipinski definition) is 3. The Morgan fingerprint density at radius 3 is 2.52 bits per heavy atom. The number of carbonyl (C=O) groups is 1. The first kappa shape index (κ1) is 17.5. The molecule has 0 bridgehead atoms. The van der Waals surface area contributed by atoms with Crippen LogP contribution in [-0.4, -0.2) is 18.6 Å². The second-order valence-electron chi connectivity index (χ2n) is 5.87. The van der Waals surface area contributed by atoms with Gasteiger partial charge >= 0.3 is 0 Å². The van der Waals surface area contributed by atoms with Gasteiger partial charge in [-0.15, -0.1) is 0 Å². The van der Waals surface area contributed by atoms with E-state index in [0.29, 0.717) is 12.5 Å². The van der Waals surface area contributed by atoms with Gasteiger partial charge in [0.1, 0.15) is 5.75 Å². The van der Waals surface area contributed by atoms with E-state index in [1.54, 1.807) is 6.92 Å². The largest absolute Gasteiger partial charge is 0.493 e. The van der Waals surface area contributed by atoms with Crippen molar-refractivity contribution in [1.29, 1.82) is 0 Å². The lowest BCUT2D eigenvalue weighted by molar-refractivity contribution is -0.122. The molecular formula is C17H28N2O2. The lowest BCUT2D eigenvalue weighted by Crippen LogP contribution is -2.40. The number of carbonyl (C=O) groups excluding carboxylic acids is 1. The molecule has 1 aromatic carbocycles. The summed E-state index contributed by atoms with van der Waals surface area (Å²) in [6, 6.07) is 7.31. The number of para-hydroxylation sites is 1. The third-order valence-electron chi connectivity index (χ3n) is 3.19. The average molecular weight is 292 g/mol. The van der Waals surface area contributed by atoms with Crippen molar-refractivity contribution in [2.45, 2.75) is 52.6 Å². The molecule has 1 rings (SSSR count). The summed E-state index contributed by atoms with van der Waals surface area (Å²) in [5.74, 6) is 1.17. The van der Waals surface area contributed by atoms with Crippen LogP contribution < -0.4 is 15.8 Å². The Hall–Kier alpha value is -1.55. The van der Waals surface area contributed by atoms with Gasteiger partial charge in [0.25, 0.3) is 0 Å². The van der Waals surface area contributed by atoms with E-state index in [9.17, 15) is 4.79 Å². The lowest BCUT2D eigenvalue weighted by Gasteiger charge is -2.24. The molecule has 1 aromatic rings. The van der Waals surface area contributed by atoms with Crippen LogP contribution in [0.3, 0.4) is 0 Å². The Morgan fingerprint density at radius 2 is 1.95 bits per heavy atom. The SMILES string of the molecule is CCCOc1ccccc1C(CC(C)C)NC(=O)[C@H](C)N. The summed E-state index contributed by atoms with van der Waals surface area (Å²) in [6.07, 6.45) is 1.81. The Bertz CT molecular complexity index is 444. The first-order valence-electron chi connectivity index (χ1n) is 7.73. The zero-order valence-electron chi connectivity index (χ0n) is 13.6. The highest BCUT2D eigenvalue weighted by Gasteiger charge is 2.21. The second-order valence-corrected chi connectivity index (χ2v) is 5.87. The Kier molecular flexibility index (Phi) is 7.23. The number of ether oxygens (including phenoxy) is 1. The predicted molar refractivity (Wildman–Crippen MR) is 86.2 cm³/mol. The molecule has 2 atom stereocenters. The van der Waals surface area contributed by atoms with Crippen molar-refractivity contribution < 1.29 is 9.53 Å². The molecule has 0 aliphatic carbocycles. The molecule has 0 spiro atoms. The van der Waals surface area contributed by atoms with Crippen LogP contribution in [0.5, 0.6) is 5.75 Å². The van der Waals surface area contributed by atoms with Crippen molar-refractivity contribution in [2.24, 2.45) is 11.7 Å². The van der Waals surface area contributed by atoms with E-state index in [2.05, 4.69) is 26.1 Å². The van der Waals surface area contributed by atoms with Gasteiger partial charge in [-0.2, -0.15) is 0 Å². The zero-order chi connectivity index (χ0) is 15.8. The van der Waals surface area contributed by atoms with Gasteiger partial charge in [-0.1, -0.05) is 39.0 Å². The van der Waals surface area contributed by atoms with Gasteiger partial charge in [-0.05, 0) is 31.7 Å². The number of rotatable bonds is 8. The van der Waals surface area contributed by atoms with Crippen molar-refractivity contribution in [1.82, 2.24) is 5.32 Å². The van der Waals surface area contributed by atoms with Gasteiger partial charge in [-0.3, -0.25) is 4.79 Å². The molecule has 1 unspecified atom stereocenters. The van der Waals surface area contributed by atoms with Crippen LogP contribution in [0.4, 0.5) is 0 Å². The highest BCUT2D eigenvalue weighted by Crippen LogP contribution is 2.29. The van der Waals surface area contributed by atoms with Crippen molar-refractivity contribution in [2.75, 3.05) is 6.61 Å². The first-order chi connectivity index (χ1) is 9.95. The van der Waals surface area contributed by atoms with Crippen LogP contribution in [0.1, 0.15) is 52.1 Å². The number of amides is 1. The maximum atomic E-state index is 12.0. The highest BCUT2D eigenvalue weighted by atomic mass is 16.5. The monoisotopic (exact) mass is 292 g/mol. The molecule has 0 aromatic heterocycles. The number of nitrogens with two attached hydrogens (primary N) is 1. The summed E-state index contributed by atoms with van der Waals surface area (Å²) in [6.45, 7) is 8.72. The van der Waals surface area contributed by atoms with E-state index >= 15 is 0 Å². The molecule has 4 nitrogen and oxygen atoms in total. The van der Waals surface area contributed by atoms with Crippen LogP contribution in [-0.2, 0) is 4.79 Å². The van der Waals surface area contributed by atoms with Gasteiger partial charge in [0.2, 0.25) is 5.91 Å². The van der Waals surface area contributed by atoms with Crippen LogP contribution >= 0.6 is 0 Å². The van der Waals surface area contributed by atoms with Crippen LogP contribution in [0.15, 0.2) is 24.3 Å². The van der Waals surface area contributed by atoms with Crippen molar-refractivity contribution in [3.8, 4) is 5.75 Å². The summed E-state index contributed by atoms with van der Waals surface area (Å²) >= 11 is 0. The molecule has 21 heavy (non-hydrogen) atoms. The van der Waals surface area contributed by atoms with Crippen molar-refractivity contribution in [3.05, 3.63) is 29.8 Å². The van der Waals surface area contributed by atoms with E-state index < -0.39 is 6.04 Å². The van der Waals surface area contributed by atoms with Gasteiger partial charge < -0.3 is 15.8 Å². The van der Waals surface area contributed by atoms with E-state index in [1.807, 2.05) is 24.3 Å². The smallest absolute Gasteiger partial charge is 0.237 e. The molecule has 0 saturated heterocycles. The minimum absolute atomic E-state index is 0.0726. The van der Waals surface area contributed by atoms with E-state index in [4.69, 9.17) is 10.5 Å². The topological polar surface area (TPSA) is 64.3 Å². The first-order valence-corrected chi connectivity index (χ1v) is 7.73. The predicted octanol–water partition coefficient (Wildman–Crippen LogP) is 3.03. The molecule has 0 saturated carbocycles. The van der Waals surface area contributed by atoms with E-state index in [0.717, 1.165) is 24.2 Å². The molecule has 0 radical (unpaired) electrons. The molecule has 4 heteroatoms. The fourth-order valence-electron chi connectivity index (χ4n) is 2.15. The maximum absolute atomic E-state index is 12.0. The molecule has 0 fully saturated rings. The number of nitrogens with one attached hydrogen (secondary N) is 1. The van der Waals surface area contributed by atoms with Crippen molar-refractivity contribution in [3.63, 3.8) is 0 Å². The standard InChI is InChI=1S/C17H28N2O2/c1-5-10-21-16-9-7-6-8-14(16)15(11-12(2)3)19-17(20)13(4)18/h6-9,12-13,15H,5,10-11,18H2,1-4H3,(H,19,20)/t13-,15?/m0/s1.